The third-order valence-corrected chi connectivity index (χ3v) is 7.04. The lowest BCUT2D eigenvalue weighted by atomic mass is 10.2. The summed E-state index contributed by atoms with van der Waals surface area (Å²) in [5.41, 5.74) is 2.40. The average Bonchev–Trinajstić information content (AvgIpc) is 3.36. The van der Waals surface area contributed by atoms with E-state index in [1.807, 2.05) is 30.3 Å². The summed E-state index contributed by atoms with van der Waals surface area (Å²) in [6, 6.07) is 27.3. The van der Waals surface area contributed by atoms with Crippen LogP contribution in [0.1, 0.15) is 11.1 Å². The highest BCUT2D eigenvalue weighted by Gasteiger charge is 2.17. The standard InChI is InChI=1S/C30H18BrCl2N3O3/c31-21-7-5-18(6-8-21)17-38-26-11-9-23(33)14-20(26)16-34-36-29(35-25-4-2-1-3-24(25)30(36)37)28-15-19-13-22(32)10-12-27(19)39-28/h1-16H,17H2. The number of ether oxygens (including phenoxy) is 1. The number of nitrogens with zero attached hydrogens (tertiary/aromatic N) is 3. The zero-order chi connectivity index (χ0) is 26.9. The first-order valence-electron chi connectivity index (χ1n) is 11.9. The van der Waals surface area contributed by atoms with E-state index in [4.69, 9.17) is 37.3 Å². The molecule has 6 nitrogen and oxygen atoms in total. The smallest absolute Gasteiger partial charge is 0.282 e. The van der Waals surface area contributed by atoms with Gasteiger partial charge in [0.2, 0.25) is 5.82 Å². The van der Waals surface area contributed by atoms with Gasteiger partial charge in [-0.05, 0) is 72.3 Å². The summed E-state index contributed by atoms with van der Waals surface area (Å²) in [5, 5.41) is 6.84. The van der Waals surface area contributed by atoms with Crippen LogP contribution in [0.3, 0.4) is 0 Å². The molecule has 6 aromatic rings. The van der Waals surface area contributed by atoms with Gasteiger partial charge in [-0.3, -0.25) is 4.79 Å². The second-order valence-corrected chi connectivity index (χ2v) is 10.5. The van der Waals surface area contributed by atoms with Crippen LogP contribution in [0.4, 0.5) is 0 Å². The van der Waals surface area contributed by atoms with Gasteiger partial charge in [0.15, 0.2) is 5.76 Å². The Balaban J connectivity index is 1.44. The number of halogens is 3. The SMILES string of the molecule is O=c1c2ccccc2nc(-c2cc3cc(Cl)ccc3o2)n1N=Cc1cc(Cl)ccc1OCc1ccc(Br)cc1. The largest absolute Gasteiger partial charge is 0.488 e. The number of furan rings is 1. The lowest BCUT2D eigenvalue weighted by Gasteiger charge is -2.11. The van der Waals surface area contributed by atoms with E-state index in [0.29, 0.717) is 50.2 Å². The molecule has 6 rings (SSSR count). The summed E-state index contributed by atoms with van der Waals surface area (Å²) >= 11 is 15.9. The summed E-state index contributed by atoms with van der Waals surface area (Å²) in [6.45, 7) is 0.347. The predicted molar refractivity (Wildman–Crippen MR) is 159 cm³/mol. The van der Waals surface area contributed by atoms with Crippen LogP contribution in [0.25, 0.3) is 33.5 Å². The van der Waals surface area contributed by atoms with Gasteiger partial charge in [0.25, 0.3) is 5.56 Å². The molecule has 9 heteroatoms. The minimum absolute atomic E-state index is 0.252. The van der Waals surface area contributed by atoms with Crippen LogP contribution in [-0.2, 0) is 6.61 Å². The van der Waals surface area contributed by atoms with Gasteiger partial charge in [-0.15, -0.1) is 0 Å². The van der Waals surface area contributed by atoms with Crippen LogP contribution in [0.5, 0.6) is 5.75 Å². The number of rotatable bonds is 6. The number of hydrogen-bond acceptors (Lipinski definition) is 5. The van der Waals surface area contributed by atoms with Gasteiger partial charge in [-0.2, -0.15) is 9.78 Å². The van der Waals surface area contributed by atoms with Crippen molar-refractivity contribution in [3.8, 4) is 17.3 Å². The molecule has 2 aromatic heterocycles. The molecule has 0 N–H and O–H groups in total. The monoisotopic (exact) mass is 617 g/mol. The summed E-state index contributed by atoms with van der Waals surface area (Å²) < 4.78 is 14.3. The van der Waals surface area contributed by atoms with Crippen LogP contribution in [-0.4, -0.2) is 15.9 Å². The lowest BCUT2D eigenvalue weighted by Crippen LogP contribution is -2.20. The van der Waals surface area contributed by atoms with Crippen molar-refractivity contribution in [2.24, 2.45) is 5.10 Å². The maximum Gasteiger partial charge on any atom is 0.282 e. The number of aromatic nitrogens is 2. The molecule has 0 amide bonds. The zero-order valence-electron chi connectivity index (χ0n) is 20.1. The average molecular weight is 619 g/mol. The molecular weight excluding hydrogens is 601 g/mol. The van der Waals surface area contributed by atoms with Gasteiger partial charge in [-0.1, -0.05) is 63.4 Å². The summed E-state index contributed by atoms with van der Waals surface area (Å²) in [6.07, 6.45) is 1.53. The maximum absolute atomic E-state index is 13.6. The van der Waals surface area contributed by atoms with Crippen molar-refractivity contribution < 1.29 is 9.15 Å². The van der Waals surface area contributed by atoms with E-state index < -0.39 is 0 Å². The maximum atomic E-state index is 13.6. The molecule has 0 unspecified atom stereocenters. The van der Waals surface area contributed by atoms with Gasteiger partial charge in [-0.25, -0.2) is 4.98 Å². The Hall–Kier alpha value is -3.91. The van der Waals surface area contributed by atoms with Crippen molar-refractivity contribution in [2.45, 2.75) is 6.61 Å². The molecule has 0 spiro atoms. The summed E-state index contributed by atoms with van der Waals surface area (Å²) in [7, 11) is 0. The van der Waals surface area contributed by atoms with Crippen molar-refractivity contribution in [3.05, 3.63) is 127 Å². The Morgan fingerprint density at radius 1 is 0.949 bits per heavy atom. The third kappa shape index (κ3) is 5.34. The molecule has 2 heterocycles. The topological polar surface area (TPSA) is 69.6 Å². The van der Waals surface area contributed by atoms with Crippen molar-refractivity contribution in [1.82, 2.24) is 9.66 Å². The number of benzene rings is 4. The van der Waals surface area contributed by atoms with Crippen molar-refractivity contribution in [2.75, 3.05) is 0 Å². The molecule has 0 aliphatic carbocycles. The summed E-state index contributed by atoms with van der Waals surface area (Å²) in [5.74, 6) is 1.19. The molecular formula is C30H18BrCl2N3O3. The minimum atomic E-state index is -0.343. The van der Waals surface area contributed by atoms with E-state index >= 15 is 0 Å². The number of fused-ring (bicyclic) bond motifs is 2. The molecule has 39 heavy (non-hydrogen) atoms. The highest BCUT2D eigenvalue weighted by Crippen LogP contribution is 2.29. The quantitative estimate of drug-likeness (QED) is 0.176. The second-order valence-electron chi connectivity index (χ2n) is 8.70. The fraction of sp³-hybridized carbons (Fsp3) is 0.0333. The third-order valence-electron chi connectivity index (χ3n) is 6.04. The van der Waals surface area contributed by atoms with Crippen molar-refractivity contribution in [3.63, 3.8) is 0 Å². The highest BCUT2D eigenvalue weighted by atomic mass is 79.9. The fourth-order valence-electron chi connectivity index (χ4n) is 4.13. The fourth-order valence-corrected chi connectivity index (χ4v) is 4.75. The molecule has 0 atom stereocenters. The first-order chi connectivity index (χ1) is 18.9. The Labute approximate surface area is 241 Å². The number of hydrogen-bond donors (Lipinski definition) is 0. The molecule has 0 fully saturated rings. The Morgan fingerprint density at radius 3 is 2.56 bits per heavy atom. The van der Waals surface area contributed by atoms with Crippen molar-refractivity contribution >= 4 is 67.2 Å². The zero-order valence-corrected chi connectivity index (χ0v) is 23.2. The Morgan fingerprint density at radius 2 is 1.72 bits per heavy atom. The second kappa shape index (κ2) is 10.7. The Bertz CT molecular complexity index is 1930. The molecule has 0 saturated carbocycles. The van der Waals surface area contributed by atoms with E-state index in [2.05, 4.69) is 21.0 Å². The summed E-state index contributed by atoms with van der Waals surface area (Å²) in [4.78, 5) is 18.3. The normalized spacial score (nSPS) is 11.6. The van der Waals surface area contributed by atoms with Crippen molar-refractivity contribution in [1.29, 1.82) is 0 Å². The highest BCUT2D eigenvalue weighted by molar-refractivity contribution is 9.10. The first kappa shape index (κ1) is 25.4. The molecule has 0 bridgehead atoms. The molecule has 0 saturated heterocycles. The number of para-hydroxylation sites is 1. The van der Waals surface area contributed by atoms with Crippen LogP contribution in [0.2, 0.25) is 10.0 Å². The predicted octanol–water partition coefficient (Wildman–Crippen LogP) is 8.34. The van der Waals surface area contributed by atoms with E-state index in [-0.39, 0.29) is 11.4 Å². The molecule has 4 aromatic carbocycles. The van der Waals surface area contributed by atoms with Gasteiger partial charge >= 0.3 is 0 Å². The van der Waals surface area contributed by atoms with Crippen LogP contribution >= 0.6 is 39.1 Å². The van der Waals surface area contributed by atoms with Gasteiger partial charge in [0.1, 0.15) is 17.9 Å². The lowest BCUT2D eigenvalue weighted by molar-refractivity contribution is 0.306. The Kier molecular flexibility index (Phi) is 6.95. The van der Waals surface area contributed by atoms with Gasteiger partial charge in [0, 0.05) is 25.5 Å². The minimum Gasteiger partial charge on any atom is -0.488 e. The van der Waals surface area contributed by atoms with Gasteiger partial charge < -0.3 is 9.15 Å². The van der Waals surface area contributed by atoms with Crippen LogP contribution in [0, 0.1) is 0 Å². The van der Waals surface area contributed by atoms with Gasteiger partial charge in [0.05, 0.1) is 17.1 Å². The van der Waals surface area contributed by atoms with E-state index in [1.54, 1.807) is 60.7 Å². The molecule has 0 radical (unpaired) electrons. The van der Waals surface area contributed by atoms with E-state index in [0.717, 1.165) is 15.4 Å². The molecule has 0 aliphatic heterocycles. The first-order valence-corrected chi connectivity index (χ1v) is 13.4. The molecule has 192 valence electrons. The van der Waals surface area contributed by atoms with E-state index in [1.165, 1.54) is 10.9 Å². The van der Waals surface area contributed by atoms with Crippen LogP contribution < -0.4 is 10.3 Å². The van der Waals surface area contributed by atoms with E-state index in [9.17, 15) is 4.79 Å². The van der Waals surface area contributed by atoms with Crippen LogP contribution in [0.15, 0.2) is 110 Å². The molecule has 0 aliphatic rings.